The van der Waals surface area contributed by atoms with Gasteiger partial charge in [0.25, 0.3) is 0 Å². The molecule has 1 aliphatic carbocycles. The van der Waals surface area contributed by atoms with Crippen molar-refractivity contribution in [3.8, 4) is 11.1 Å². The van der Waals surface area contributed by atoms with Crippen molar-refractivity contribution < 1.29 is 9.90 Å². The molecule has 0 aromatic heterocycles. The molecule has 4 nitrogen and oxygen atoms in total. The lowest BCUT2D eigenvalue weighted by Gasteiger charge is -2.35. The molecule has 0 bridgehead atoms. The van der Waals surface area contributed by atoms with Crippen molar-refractivity contribution >= 4 is 6.09 Å². The smallest absolute Gasteiger partial charge is 0.407 e. The summed E-state index contributed by atoms with van der Waals surface area (Å²) in [6.45, 7) is 2.03. The third kappa shape index (κ3) is 2.39. The number of rotatable bonds is 2. The van der Waals surface area contributed by atoms with Crippen molar-refractivity contribution in [3.63, 3.8) is 0 Å². The van der Waals surface area contributed by atoms with E-state index in [1.165, 1.54) is 22.3 Å². The lowest BCUT2D eigenvalue weighted by atomic mass is 9.89. The van der Waals surface area contributed by atoms with Gasteiger partial charge in [-0.3, -0.25) is 0 Å². The molecule has 1 heterocycles. The van der Waals surface area contributed by atoms with Crippen molar-refractivity contribution in [2.24, 2.45) is 0 Å². The summed E-state index contributed by atoms with van der Waals surface area (Å²) in [5, 5.41) is 12.8. The van der Waals surface area contributed by atoms with E-state index in [0.717, 1.165) is 19.5 Å². The monoisotopic (exact) mass is 308 g/mol. The maximum atomic E-state index is 11.5. The first-order valence-electron chi connectivity index (χ1n) is 8.14. The molecule has 1 saturated heterocycles. The Bertz CT molecular complexity index is 698. The number of hydrogen-bond acceptors (Lipinski definition) is 2. The number of carboxylic acid groups (broad SMARTS) is 1. The molecule has 2 aliphatic rings. The minimum atomic E-state index is -0.809. The van der Waals surface area contributed by atoms with Crippen molar-refractivity contribution in [2.75, 3.05) is 19.6 Å². The number of fused-ring (bicyclic) bond motifs is 3. The van der Waals surface area contributed by atoms with Gasteiger partial charge in [-0.25, -0.2) is 4.79 Å². The Morgan fingerprint density at radius 2 is 1.70 bits per heavy atom. The first-order valence-corrected chi connectivity index (χ1v) is 8.14. The van der Waals surface area contributed by atoms with E-state index in [4.69, 9.17) is 0 Å². The minimum Gasteiger partial charge on any atom is -0.465 e. The molecule has 0 radical (unpaired) electrons. The molecule has 0 spiro atoms. The number of nitrogens with zero attached hydrogens (tertiary/aromatic N) is 1. The molecule has 0 saturated carbocycles. The predicted octanol–water partition coefficient (Wildman–Crippen LogP) is 3.14. The molecule has 1 atom stereocenters. The molecule has 2 aromatic rings. The molecule has 23 heavy (non-hydrogen) atoms. The van der Waals surface area contributed by atoms with E-state index in [1.54, 1.807) is 4.90 Å². The molecular formula is C19H20N2O2. The minimum absolute atomic E-state index is 0.0189. The fourth-order valence-electron chi connectivity index (χ4n) is 4.01. The Labute approximate surface area is 135 Å². The number of carbonyl (C=O) groups is 1. The zero-order valence-electron chi connectivity index (χ0n) is 12.9. The molecule has 1 fully saturated rings. The van der Waals surface area contributed by atoms with Gasteiger partial charge in [-0.15, -0.1) is 0 Å². The third-order valence-electron chi connectivity index (χ3n) is 5.07. The topological polar surface area (TPSA) is 52.6 Å². The van der Waals surface area contributed by atoms with Gasteiger partial charge in [0.2, 0.25) is 0 Å². The van der Waals surface area contributed by atoms with Gasteiger partial charge in [-0.05, 0) is 28.7 Å². The quantitative estimate of drug-likeness (QED) is 0.896. The van der Waals surface area contributed by atoms with Crippen LogP contribution in [0.1, 0.15) is 23.5 Å². The van der Waals surface area contributed by atoms with Gasteiger partial charge < -0.3 is 15.3 Å². The van der Waals surface area contributed by atoms with Crippen LogP contribution in [0.3, 0.4) is 0 Å². The average Bonchev–Trinajstić information content (AvgIpc) is 2.90. The molecule has 1 unspecified atom stereocenters. The summed E-state index contributed by atoms with van der Waals surface area (Å²) >= 11 is 0. The molecule has 2 aromatic carbocycles. The molecule has 2 N–H and O–H groups in total. The standard InChI is InChI=1S/C19H20N2O2/c22-19(23)21-10-9-20-12-13(21)11-18-16-7-3-1-5-14(16)15-6-2-4-8-17(15)18/h1-8,13,18,20H,9-12H2,(H,22,23). The van der Waals surface area contributed by atoms with Gasteiger partial charge >= 0.3 is 6.09 Å². The Hall–Kier alpha value is -2.33. The van der Waals surface area contributed by atoms with Crippen LogP contribution in [0.2, 0.25) is 0 Å². The molecule has 118 valence electrons. The second-order valence-electron chi connectivity index (χ2n) is 6.30. The maximum absolute atomic E-state index is 11.5. The van der Waals surface area contributed by atoms with Crippen molar-refractivity contribution in [3.05, 3.63) is 59.7 Å². The van der Waals surface area contributed by atoms with Crippen LogP contribution < -0.4 is 5.32 Å². The van der Waals surface area contributed by atoms with Crippen molar-refractivity contribution in [1.29, 1.82) is 0 Å². The van der Waals surface area contributed by atoms with E-state index in [2.05, 4.69) is 53.8 Å². The number of piperazine rings is 1. The highest BCUT2D eigenvalue weighted by Crippen LogP contribution is 2.46. The molecule has 4 rings (SSSR count). The Morgan fingerprint density at radius 1 is 1.09 bits per heavy atom. The zero-order valence-corrected chi connectivity index (χ0v) is 12.9. The van der Waals surface area contributed by atoms with Gasteiger partial charge in [-0.1, -0.05) is 48.5 Å². The maximum Gasteiger partial charge on any atom is 0.407 e. The van der Waals surface area contributed by atoms with E-state index >= 15 is 0 Å². The summed E-state index contributed by atoms with van der Waals surface area (Å²) < 4.78 is 0. The summed E-state index contributed by atoms with van der Waals surface area (Å²) in [5.74, 6) is 0.272. The molecule has 1 aliphatic heterocycles. The van der Waals surface area contributed by atoms with Crippen LogP contribution in [-0.4, -0.2) is 41.8 Å². The highest BCUT2D eigenvalue weighted by Gasteiger charge is 2.34. The molecule has 4 heteroatoms. The van der Waals surface area contributed by atoms with Crippen LogP contribution in [0.5, 0.6) is 0 Å². The number of nitrogens with one attached hydrogen (secondary N) is 1. The van der Waals surface area contributed by atoms with Crippen LogP contribution in [0.25, 0.3) is 11.1 Å². The van der Waals surface area contributed by atoms with Crippen molar-refractivity contribution in [2.45, 2.75) is 18.4 Å². The summed E-state index contributed by atoms with van der Waals surface area (Å²) in [7, 11) is 0. The number of benzene rings is 2. The summed E-state index contributed by atoms with van der Waals surface area (Å²) in [4.78, 5) is 13.1. The second-order valence-corrected chi connectivity index (χ2v) is 6.30. The first-order chi connectivity index (χ1) is 11.3. The van der Waals surface area contributed by atoms with E-state index in [0.29, 0.717) is 6.54 Å². The lowest BCUT2D eigenvalue weighted by molar-refractivity contribution is 0.108. The van der Waals surface area contributed by atoms with Gasteiger partial charge in [-0.2, -0.15) is 0 Å². The van der Waals surface area contributed by atoms with Gasteiger partial charge in [0.05, 0.1) is 0 Å². The van der Waals surface area contributed by atoms with E-state index in [9.17, 15) is 9.90 Å². The second kappa shape index (κ2) is 5.70. The highest BCUT2D eigenvalue weighted by molar-refractivity contribution is 5.78. The lowest BCUT2D eigenvalue weighted by Crippen LogP contribution is -2.53. The Morgan fingerprint density at radius 3 is 2.30 bits per heavy atom. The van der Waals surface area contributed by atoms with Crippen LogP contribution in [0.15, 0.2) is 48.5 Å². The molecular weight excluding hydrogens is 288 g/mol. The Kier molecular flexibility index (Phi) is 3.54. The number of amides is 1. The third-order valence-corrected chi connectivity index (χ3v) is 5.07. The summed E-state index contributed by atoms with van der Waals surface area (Å²) in [5.41, 5.74) is 5.23. The number of hydrogen-bond donors (Lipinski definition) is 2. The van der Waals surface area contributed by atoms with Gasteiger partial charge in [0.1, 0.15) is 0 Å². The molecule has 1 amide bonds. The zero-order chi connectivity index (χ0) is 15.8. The SMILES string of the molecule is O=C(O)N1CCNCC1CC1c2ccccc2-c2ccccc21. The summed E-state index contributed by atoms with van der Waals surface area (Å²) in [6, 6.07) is 17.0. The van der Waals surface area contributed by atoms with Crippen LogP contribution in [0, 0.1) is 0 Å². The van der Waals surface area contributed by atoms with Crippen LogP contribution in [-0.2, 0) is 0 Å². The van der Waals surface area contributed by atoms with Gasteiger partial charge in [0.15, 0.2) is 0 Å². The average molecular weight is 308 g/mol. The Balaban J connectivity index is 1.70. The van der Waals surface area contributed by atoms with E-state index in [1.807, 2.05) is 0 Å². The van der Waals surface area contributed by atoms with Crippen molar-refractivity contribution in [1.82, 2.24) is 10.2 Å². The van der Waals surface area contributed by atoms with E-state index < -0.39 is 6.09 Å². The van der Waals surface area contributed by atoms with Gasteiger partial charge in [0, 0.05) is 31.6 Å². The normalized spacial score (nSPS) is 20.2. The highest BCUT2D eigenvalue weighted by atomic mass is 16.4. The van der Waals surface area contributed by atoms with Crippen LogP contribution in [0.4, 0.5) is 4.79 Å². The largest absolute Gasteiger partial charge is 0.465 e. The fraction of sp³-hybridized carbons (Fsp3) is 0.316. The van der Waals surface area contributed by atoms with E-state index in [-0.39, 0.29) is 12.0 Å². The first kappa shape index (κ1) is 14.3. The predicted molar refractivity (Wildman–Crippen MR) is 89.7 cm³/mol. The summed E-state index contributed by atoms with van der Waals surface area (Å²) in [6.07, 6.45) is 0.0175. The fourth-order valence-corrected chi connectivity index (χ4v) is 4.01. The van der Waals surface area contributed by atoms with Crippen LogP contribution >= 0.6 is 0 Å².